The lowest BCUT2D eigenvalue weighted by atomic mass is 10.4. The molecule has 1 N–H and O–H groups in total. The minimum atomic E-state index is -2.39. The average Bonchev–Trinajstić information content (AvgIpc) is 2.73. The summed E-state index contributed by atoms with van der Waals surface area (Å²) in [6.45, 7) is 3.67. The first-order chi connectivity index (χ1) is 8.22. The van der Waals surface area contributed by atoms with Gasteiger partial charge in [0, 0.05) is 18.3 Å². The van der Waals surface area contributed by atoms with E-state index in [1.165, 1.54) is 0 Å². The Morgan fingerprint density at radius 3 is 3.06 bits per heavy atom. The van der Waals surface area contributed by atoms with Crippen LogP contribution in [0, 0.1) is 0 Å². The summed E-state index contributed by atoms with van der Waals surface area (Å²) in [5, 5.41) is 6.19. The van der Waals surface area contributed by atoms with E-state index in [9.17, 15) is 8.78 Å². The third-order valence-electron chi connectivity index (χ3n) is 2.04. The van der Waals surface area contributed by atoms with E-state index in [2.05, 4.69) is 17.2 Å². The monoisotopic (exact) mass is 264 g/mol. The molecule has 0 unspecified atom stereocenters. The van der Waals surface area contributed by atoms with E-state index in [-0.39, 0.29) is 0 Å². The van der Waals surface area contributed by atoms with Crippen LogP contribution in [0.1, 0.15) is 24.0 Å². The molecule has 0 amide bonds. The predicted octanol–water partition coefficient (Wildman–Crippen LogP) is 2.47. The molecule has 0 spiro atoms. The molecule has 1 aromatic rings. The number of hydrogen-bond donors (Lipinski definition) is 1. The first kappa shape index (κ1) is 14.5. The number of alkyl halides is 2. The van der Waals surface area contributed by atoms with Gasteiger partial charge in [0.25, 0.3) is 6.43 Å². The van der Waals surface area contributed by atoms with Gasteiger partial charge in [-0.05, 0) is 13.0 Å². The van der Waals surface area contributed by atoms with E-state index < -0.39 is 13.0 Å². The Labute approximate surface area is 104 Å². The second kappa shape index (κ2) is 8.49. The molecule has 0 saturated carbocycles. The summed E-state index contributed by atoms with van der Waals surface area (Å²) >= 11 is 1.55. The van der Waals surface area contributed by atoms with Crippen molar-refractivity contribution in [3.63, 3.8) is 0 Å². The van der Waals surface area contributed by atoms with Crippen LogP contribution < -0.4 is 5.32 Å². The fourth-order valence-corrected chi connectivity index (χ4v) is 2.05. The first-order valence-electron chi connectivity index (χ1n) is 5.72. The van der Waals surface area contributed by atoms with Gasteiger partial charge in [-0.3, -0.25) is 0 Å². The lowest BCUT2D eigenvalue weighted by Gasteiger charge is -2.01. The summed E-state index contributed by atoms with van der Waals surface area (Å²) in [7, 11) is 0. The Kier molecular flexibility index (Phi) is 7.23. The van der Waals surface area contributed by atoms with Crippen LogP contribution in [0.4, 0.5) is 8.78 Å². The molecular formula is C11H18F2N2OS. The third kappa shape index (κ3) is 6.65. The van der Waals surface area contributed by atoms with Crippen LogP contribution in [-0.4, -0.2) is 31.2 Å². The standard InChI is InChI=1S/C11H18F2N2OS/c1-2-4-14-6-9-8-17-11(15-9)3-5-16-7-10(12)13/h8,10,14H,2-7H2,1H3. The topological polar surface area (TPSA) is 34.1 Å². The number of thiazole rings is 1. The van der Waals surface area contributed by atoms with Crippen molar-refractivity contribution in [2.75, 3.05) is 19.8 Å². The molecule has 0 atom stereocenters. The molecule has 98 valence electrons. The Morgan fingerprint density at radius 2 is 2.35 bits per heavy atom. The SMILES string of the molecule is CCCNCc1csc(CCOCC(F)F)n1. The van der Waals surface area contributed by atoms with Gasteiger partial charge >= 0.3 is 0 Å². The number of halogens is 2. The number of nitrogens with zero attached hydrogens (tertiary/aromatic N) is 1. The number of nitrogens with one attached hydrogen (secondary N) is 1. The summed E-state index contributed by atoms with van der Waals surface area (Å²) in [5.41, 5.74) is 1.01. The molecular weight excluding hydrogens is 246 g/mol. The van der Waals surface area contributed by atoms with Gasteiger partial charge in [0.05, 0.1) is 17.3 Å². The fourth-order valence-electron chi connectivity index (χ4n) is 1.27. The summed E-state index contributed by atoms with van der Waals surface area (Å²) in [6.07, 6.45) is -0.691. The Morgan fingerprint density at radius 1 is 1.53 bits per heavy atom. The highest BCUT2D eigenvalue weighted by molar-refractivity contribution is 7.09. The Bertz CT molecular complexity index is 307. The van der Waals surface area contributed by atoms with Gasteiger partial charge in [0.1, 0.15) is 6.61 Å². The zero-order chi connectivity index (χ0) is 12.5. The Hall–Kier alpha value is -0.590. The molecule has 1 heterocycles. The highest BCUT2D eigenvalue weighted by atomic mass is 32.1. The molecule has 17 heavy (non-hydrogen) atoms. The minimum Gasteiger partial charge on any atom is -0.375 e. The van der Waals surface area contributed by atoms with E-state index in [0.29, 0.717) is 13.0 Å². The number of hydrogen-bond acceptors (Lipinski definition) is 4. The first-order valence-corrected chi connectivity index (χ1v) is 6.60. The quantitative estimate of drug-likeness (QED) is 0.696. The van der Waals surface area contributed by atoms with E-state index in [0.717, 1.165) is 30.2 Å². The maximum Gasteiger partial charge on any atom is 0.261 e. The minimum absolute atomic E-state index is 0.305. The van der Waals surface area contributed by atoms with E-state index >= 15 is 0 Å². The highest BCUT2D eigenvalue weighted by Crippen LogP contribution is 2.10. The second-order valence-electron chi connectivity index (χ2n) is 3.63. The summed E-state index contributed by atoms with van der Waals surface area (Å²) in [5.74, 6) is 0. The van der Waals surface area contributed by atoms with Crippen LogP contribution in [0.5, 0.6) is 0 Å². The molecule has 0 saturated heterocycles. The maximum absolute atomic E-state index is 11.8. The molecule has 0 aliphatic carbocycles. The molecule has 0 radical (unpaired) electrons. The van der Waals surface area contributed by atoms with Crippen molar-refractivity contribution in [1.82, 2.24) is 10.3 Å². The average molecular weight is 264 g/mol. The fraction of sp³-hybridized carbons (Fsp3) is 0.727. The molecule has 0 aliphatic rings. The van der Waals surface area contributed by atoms with Crippen molar-refractivity contribution in [2.24, 2.45) is 0 Å². The highest BCUT2D eigenvalue weighted by Gasteiger charge is 2.04. The molecule has 0 bridgehead atoms. The van der Waals surface area contributed by atoms with Gasteiger partial charge in [-0.2, -0.15) is 0 Å². The van der Waals surface area contributed by atoms with Crippen molar-refractivity contribution in [2.45, 2.75) is 32.7 Å². The second-order valence-corrected chi connectivity index (χ2v) is 4.57. The maximum atomic E-state index is 11.8. The largest absolute Gasteiger partial charge is 0.375 e. The smallest absolute Gasteiger partial charge is 0.261 e. The normalized spacial score (nSPS) is 11.3. The zero-order valence-electron chi connectivity index (χ0n) is 9.92. The Balaban J connectivity index is 2.16. The van der Waals surface area contributed by atoms with Crippen molar-refractivity contribution in [3.8, 4) is 0 Å². The summed E-state index contributed by atoms with van der Waals surface area (Å²) < 4.78 is 28.4. The number of aromatic nitrogens is 1. The van der Waals surface area contributed by atoms with Crippen LogP contribution in [0.25, 0.3) is 0 Å². The van der Waals surface area contributed by atoms with Crippen molar-refractivity contribution in [3.05, 3.63) is 16.1 Å². The van der Waals surface area contributed by atoms with Crippen LogP contribution >= 0.6 is 11.3 Å². The van der Waals surface area contributed by atoms with Gasteiger partial charge in [0.15, 0.2) is 0 Å². The lowest BCUT2D eigenvalue weighted by molar-refractivity contribution is 0.0187. The molecule has 1 aromatic heterocycles. The van der Waals surface area contributed by atoms with Crippen molar-refractivity contribution in [1.29, 1.82) is 0 Å². The van der Waals surface area contributed by atoms with Crippen LogP contribution in [0.2, 0.25) is 0 Å². The summed E-state index contributed by atoms with van der Waals surface area (Å²) in [4.78, 5) is 4.39. The number of ether oxygens (including phenoxy) is 1. The van der Waals surface area contributed by atoms with Crippen LogP contribution in [-0.2, 0) is 17.7 Å². The molecule has 0 aromatic carbocycles. The molecule has 0 fully saturated rings. The van der Waals surface area contributed by atoms with Crippen molar-refractivity contribution < 1.29 is 13.5 Å². The molecule has 0 aliphatic heterocycles. The van der Waals surface area contributed by atoms with Gasteiger partial charge in [-0.15, -0.1) is 11.3 Å². The molecule has 6 heteroatoms. The van der Waals surface area contributed by atoms with E-state index in [1.807, 2.05) is 5.38 Å². The summed E-state index contributed by atoms with van der Waals surface area (Å²) in [6, 6.07) is 0. The third-order valence-corrected chi connectivity index (χ3v) is 2.99. The van der Waals surface area contributed by atoms with Crippen molar-refractivity contribution >= 4 is 11.3 Å². The number of rotatable bonds is 9. The van der Waals surface area contributed by atoms with Crippen LogP contribution in [0.15, 0.2) is 5.38 Å². The molecule has 1 rings (SSSR count). The predicted molar refractivity (Wildman–Crippen MR) is 64.6 cm³/mol. The molecule has 3 nitrogen and oxygen atoms in total. The van der Waals surface area contributed by atoms with Gasteiger partial charge in [0.2, 0.25) is 0 Å². The van der Waals surface area contributed by atoms with E-state index in [4.69, 9.17) is 4.74 Å². The van der Waals surface area contributed by atoms with E-state index in [1.54, 1.807) is 11.3 Å². The van der Waals surface area contributed by atoms with Gasteiger partial charge in [-0.25, -0.2) is 13.8 Å². The van der Waals surface area contributed by atoms with Gasteiger partial charge < -0.3 is 10.1 Å². The van der Waals surface area contributed by atoms with Crippen LogP contribution in [0.3, 0.4) is 0 Å². The lowest BCUT2D eigenvalue weighted by Crippen LogP contribution is -2.14. The zero-order valence-corrected chi connectivity index (χ0v) is 10.7. The van der Waals surface area contributed by atoms with Gasteiger partial charge in [-0.1, -0.05) is 6.92 Å².